The van der Waals surface area contributed by atoms with Gasteiger partial charge in [0.05, 0.1) is 5.69 Å². The minimum absolute atomic E-state index is 0.0732. The van der Waals surface area contributed by atoms with Crippen LogP contribution in [0.5, 0.6) is 0 Å². The molecule has 0 N–H and O–H groups in total. The van der Waals surface area contributed by atoms with Crippen molar-refractivity contribution in [2.24, 2.45) is 0 Å². The minimum atomic E-state index is -0.0803. The molecular weight excluding hydrogens is 651 g/mol. The average Bonchev–Trinajstić information content (AvgIpc) is 3.93. The molecule has 0 saturated heterocycles. The molecule has 262 valence electrons. The van der Waals surface area contributed by atoms with Crippen molar-refractivity contribution in [2.45, 2.75) is 69.6 Å². The van der Waals surface area contributed by atoms with E-state index in [1.54, 1.807) is 0 Å². The second-order valence-corrected chi connectivity index (χ2v) is 17.2. The summed E-state index contributed by atoms with van der Waals surface area (Å²) < 4.78 is 0. The van der Waals surface area contributed by atoms with Crippen molar-refractivity contribution >= 4 is 17.1 Å². The number of nitrogens with zero attached hydrogens (tertiary/aromatic N) is 1. The van der Waals surface area contributed by atoms with E-state index < -0.39 is 0 Å². The smallest absolute Gasteiger partial charge is 0.0543 e. The fourth-order valence-corrected chi connectivity index (χ4v) is 11.3. The Balaban J connectivity index is 1.11. The Labute approximate surface area is 320 Å². The molecule has 0 radical (unpaired) electrons. The molecule has 7 aromatic rings. The van der Waals surface area contributed by atoms with Crippen LogP contribution in [-0.4, -0.2) is 0 Å². The molecule has 0 heterocycles. The molecule has 0 aromatic heterocycles. The summed E-state index contributed by atoms with van der Waals surface area (Å²) in [5.41, 5.74) is 23.1. The Morgan fingerprint density at radius 1 is 0.407 bits per heavy atom. The predicted octanol–water partition coefficient (Wildman–Crippen LogP) is 14.3. The van der Waals surface area contributed by atoms with Gasteiger partial charge in [-0.3, -0.25) is 0 Å². The van der Waals surface area contributed by atoms with Gasteiger partial charge in [0.1, 0.15) is 0 Å². The largest absolute Gasteiger partial charge is 0.310 e. The molecular formula is C53H45N. The third-order valence-corrected chi connectivity index (χ3v) is 13.8. The summed E-state index contributed by atoms with van der Waals surface area (Å²) in [4.78, 5) is 2.56. The predicted molar refractivity (Wildman–Crippen MR) is 226 cm³/mol. The van der Waals surface area contributed by atoms with Crippen molar-refractivity contribution in [1.82, 2.24) is 0 Å². The second kappa shape index (κ2) is 11.2. The Morgan fingerprint density at radius 3 is 1.69 bits per heavy atom. The number of fused-ring (bicyclic) bond motifs is 11. The molecule has 11 rings (SSSR count). The van der Waals surface area contributed by atoms with Crippen molar-refractivity contribution in [2.75, 3.05) is 4.90 Å². The van der Waals surface area contributed by atoms with Crippen LogP contribution in [0.3, 0.4) is 0 Å². The Kier molecular flexibility index (Phi) is 6.59. The quantitative estimate of drug-likeness (QED) is 0.177. The standard InChI is InChI=1S/C53H45N/c1-51(2)44-21-9-7-17-42(44)49-46(51)23-14-24-48(49)54(36-29-30-40-38-15-6-10-22-45(38)53(47(40)33-36)31-11-12-32-53)35-27-25-34(26-28-35)37-18-13-19-41-39-16-5-8-20-43(39)52(3,4)50(37)41/h5-10,13-30,33H,11-12,31-32H2,1-4H3. The van der Waals surface area contributed by atoms with E-state index in [0.29, 0.717) is 0 Å². The van der Waals surface area contributed by atoms with E-state index >= 15 is 0 Å². The van der Waals surface area contributed by atoms with Crippen LogP contribution in [0.1, 0.15) is 86.8 Å². The minimum Gasteiger partial charge on any atom is -0.310 e. The highest BCUT2D eigenvalue weighted by Crippen LogP contribution is 2.59. The van der Waals surface area contributed by atoms with Crippen molar-refractivity contribution in [3.63, 3.8) is 0 Å². The van der Waals surface area contributed by atoms with Gasteiger partial charge in [0.2, 0.25) is 0 Å². The van der Waals surface area contributed by atoms with E-state index in [0.717, 1.165) is 0 Å². The van der Waals surface area contributed by atoms with E-state index in [4.69, 9.17) is 0 Å². The molecule has 1 saturated carbocycles. The summed E-state index contributed by atoms with van der Waals surface area (Å²) in [7, 11) is 0. The monoisotopic (exact) mass is 695 g/mol. The molecule has 1 nitrogen and oxygen atoms in total. The van der Waals surface area contributed by atoms with Gasteiger partial charge >= 0.3 is 0 Å². The lowest BCUT2D eigenvalue weighted by atomic mass is 9.76. The molecule has 1 spiro atoms. The molecule has 7 aromatic carbocycles. The fraction of sp³-hybridized carbons (Fsp3) is 0.208. The van der Waals surface area contributed by atoms with E-state index in [1.807, 2.05) is 0 Å². The number of benzene rings is 7. The van der Waals surface area contributed by atoms with Gasteiger partial charge in [-0.25, -0.2) is 0 Å². The van der Waals surface area contributed by atoms with Crippen LogP contribution in [-0.2, 0) is 16.2 Å². The summed E-state index contributed by atoms with van der Waals surface area (Å²) in [6.07, 6.45) is 5.01. The molecule has 54 heavy (non-hydrogen) atoms. The van der Waals surface area contributed by atoms with Crippen LogP contribution in [0.4, 0.5) is 17.1 Å². The third kappa shape index (κ3) is 4.16. The zero-order chi connectivity index (χ0) is 36.4. The summed E-state index contributed by atoms with van der Waals surface area (Å²) >= 11 is 0. The molecule has 0 amide bonds. The first-order valence-electron chi connectivity index (χ1n) is 19.9. The zero-order valence-electron chi connectivity index (χ0n) is 31.7. The van der Waals surface area contributed by atoms with Crippen LogP contribution in [0.2, 0.25) is 0 Å². The van der Waals surface area contributed by atoms with Crippen molar-refractivity contribution in [1.29, 1.82) is 0 Å². The van der Waals surface area contributed by atoms with Gasteiger partial charge in [-0.2, -0.15) is 0 Å². The third-order valence-electron chi connectivity index (χ3n) is 13.8. The molecule has 1 heteroatoms. The summed E-state index contributed by atoms with van der Waals surface area (Å²) in [5, 5.41) is 0. The SMILES string of the molecule is CC1(C)c2ccccc2-c2c(N(c3ccc(-c4cccc5c4C(C)(C)c4ccccc4-5)cc3)c3ccc4c(c3)C3(CCCC3)c3ccccc3-4)cccc21. The van der Waals surface area contributed by atoms with Crippen LogP contribution >= 0.6 is 0 Å². The Bertz CT molecular complexity index is 2660. The second-order valence-electron chi connectivity index (χ2n) is 17.2. The highest BCUT2D eigenvalue weighted by molar-refractivity contribution is 5.96. The van der Waals surface area contributed by atoms with Crippen molar-refractivity contribution in [3.05, 3.63) is 185 Å². The normalized spacial score (nSPS) is 17.0. The molecule has 0 bridgehead atoms. The molecule has 0 unspecified atom stereocenters. The first-order valence-corrected chi connectivity index (χ1v) is 19.9. The highest BCUT2D eigenvalue weighted by Gasteiger charge is 2.45. The van der Waals surface area contributed by atoms with Crippen molar-refractivity contribution in [3.8, 4) is 44.5 Å². The van der Waals surface area contributed by atoms with Gasteiger partial charge in [0, 0.05) is 33.2 Å². The molecule has 0 atom stereocenters. The summed E-state index contributed by atoms with van der Waals surface area (Å²) in [5.74, 6) is 0. The van der Waals surface area contributed by atoms with Gasteiger partial charge < -0.3 is 4.90 Å². The maximum atomic E-state index is 2.56. The number of hydrogen-bond donors (Lipinski definition) is 0. The summed E-state index contributed by atoms with van der Waals surface area (Å²) in [6.45, 7) is 9.54. The van der Waals surface area contributed by atoms with Gasteiger partial charge in [-0.05, 0) is 115 Å². The van der Waals surface area contributed by atoms with Crippen LogP contribution in [0.25, 0.3) is 44.5 Å². The Hall–Kier alpha value is -5.66. The zero-order valence-corrected chi connectivity index (χ0v) is 31.7. The first-order chi connectivity index (χ1) is 26.3. The molecule has 4 aliphatic rings. The van der Waals surface area contributed by atoms with Gasteiger partial charge in [0.15, 0.2) is 0 Å². The molecule has 1 fully saturated rings. The Morgan fingerprint density at radius 2 is 0.944 bits per heavy atom. The number of hydrogen-bond acceptors (Lipinski definition) is 1. The average molecular weight is 696 g/mol. The topological polar surface area (TPSA) is 3.24 Å². The van der Waals surface area contributed by atoms with Gasteiger partial charge in [0.25, 0.3) is 0 Å². The van der Waals surface area contributed by atoms with E-state index in [1.165, 1.54) is 121 Å². The first kappa shape index (κ1) is 31.8. The molecule has 0 aliphatic heterocycles. The van der Waals surface area contributed by atoms with Gasteiger partial charge in [-0.15, -0.1) is 0 Å². The lowest BCUT2D eigenvalue weighted by Gasteiger charge is -2.31. The number of rotatable bonds is 4. The van der Waals surface area contributed by atoms with E-state index in [9.17, 15) is 0 Å². The van der Waals surface area contributed by atoms with Crippen LogP contribution < -0.4 is 4.90 Å². The van der Waals surface area contributed by atoms with E-state index in [2.05, 4.69) is 184 Å². The number of anilines is 3. The van der Waals surface area contributed by atoms with E-state index in [-0.39, 0.29) is 16.2 Å². The highest BCUT2D eigenvalue weighted by atomic mass is 15.1. The lowest BCUT2D eigenvalue weighted by Crippen LogP contribution is -2.21. The summed E-state index contributed by atoms with van der Waals surface area (Å²) in [6, 6.07) is 57.9. The van der Waals surface area contributed by atoms with Crippen LogP contribution in [0.15, 0.2) is 152 Å². The lowest BCUT2D eigenvalue weighted by molar-refractivity contribution is 0.550. The van der Waals surface area contributed by atoms with Crippen LogP contribution in [0, 0.1) is 0 Å². The van der Waals surface area contributed by atoms with Crippen molar-refractivity contribution < 1.29 is 0 Å². The maximum Gasteiger partial charge on any atom is 0.0543 e. The fourth-order valence-electron chi connectivity index (χ4n) is 11.3. The maximum absolute atomic E-state index is 2.56. The molecule has 4 aliphatic carbocycles. The van der Waals surface area contributed by atoms with Gasteiger partial charge in [-0.1, -0.05) is 162 Å².